The fourth-order valence-corrected chi connectivity index (χ4v) is 3.20. The van der Waals surface area contributed by atoms with Crippen LogP contribution in [0, 0.1) is 0 Å². The van der Waals surface area contributed by atoms with Gasteiger partial charge >= 0.3 is 6.03 Å². The van der Waals surface area contributed by atoms with Crippen molar-refractivity contribution in [2.75, 3.05) is 17.2 Å². The Morgan fingerprint density at radius 1 is 0.958 bits per heavy atom. The first-order valence-corrected chi connectivity index (χ1v) is 10.3. The SMILES string of the molecule is CC(C)c1cccc(C(C)C)c1NC(=O)NCCCCCCCBr. The quantitative estimate of drug-likeness (QED) is 0.348. The van der Waals surface area contributed by atoms with Crippen molar-refractivity contribution in [2.45, 2.75) is 71.6 Å². The molecule has 0 saturated carbocycles. The van der Waals surface area contributed by atoms with Crippen LogP contribution in [-0.4, -0.2) is 17.9 Å². The van der Waals surface area contributed by atoms with Gasteiger partial charge in [-0.25, -0.2) is 4.79 Å². The molecule has 3 nitrogen and oxygen atoms in total. The fraction of sp³-hybridized carbons (Fsp3) is 0.650. The van der Waals surface area contributed by atoms with Gasteiger partial charge in [-0.15, -0.1) is 0 Å². The van der Waals surface area contributed by atoms with Crippen molar-refractivity contribution in [2.24, 2.45) is 0 Å². The summed E-state index contributed by atoms with van der Waals surface area (Å²) in [6.45, 7) is 9.39. The van der Waals surface area contributed by atoms with Gasteiger partial charge in [0.2, 0.25) is 0 Å². The number of benzene rings is 1. The van der Waals surface area contributed by atoms with Gasteiger partial charge in [0.15, 0.2) is 0 Å². The minimum Gasteiger partial charge on any atom is -0.338 e. The number of urea groups is 1. The largest absolute Gasteiger partial charge is 0.338 e. The second-order valence-electron chi connectivity index (χ2n) is 6.96. The normalized spacial score (nSPS) is 11.1. The van der Waals surface area contributed by atoms with Gasteiger partial charge in [0.1, 0.15) is 0 Å². The Morgan fingerprint density at radius 3 is 2.04 bits per heavy atom. The van der Waals surface area contributed by atoms with Crippen molar-refractivity contribution < 1.29 is 4.79 Å². The summed E-state index contributed by atoms with van der Waals surface area (Å²) in [6, 6.07) is 6.21. The van der Waals surface area contributed by atoms with Crippen LogP contribution in [0.4, 0.5) is 10.5 Å². The number of anilines is 1. The maximum absolute atomic E-state index is 12.3. The number of unbranched alkanes of at least 4 members (excludes halogenated alkanes) is 4. The number of nitrogens with one attached hydrogen (secondary N) is 2. The van der Waals surface area contributed by atoms with E-state index in [-0.39, 0.29) is 6.03 Å². The highest BCUT2D eigenvalue weighted by atomic mass is 79.9. The molecule has 1 aromatic rings. The predicted octanol–water partition coefficient (Wildman–Crippen LogP) is 6.40. The van der Waals surface area contributed by atoms with Crippen molar-refractivity contribution in [3.8, 4) is 0 Å². The van der Waals surface area contributed by atoms with E-state index < -0.39 is 0 Å². The number of para-hydroxylation sites is 1. The Morgan fingerprint density at radius 2 is 1.50 bits per heavy atom. The van der Waals surface area contributed by atoms with Crippen LogP contribution in [0.5, 0.6) is 0 Å². The molecule has 1 rings (SSSR count). The van der Waals surface area contributed by atoms with Gasteiger partial charge in [0.05, 0.1) is 0 Å². The molecule has 0 unspecified atom stereocenters. The number of carbonyl (C=O) groups excluding carboxylic acids is 1. The Bertz CT molecular complexity index is 474. The maximum atomic E-state index is 12.3. The molecule has 0 saturated heterocycles. The highest BCUT2D eigenvalue weighted by Crippen LogP contribution is 2.32. The van der Waals surface area contributed by atoms with Crippen LogP contribution in [0.3, 0.4) is 0 Å². The van der Waals surface area contributed by atoms with Crippen LogP contribution in [0.25, 0.3) is 0 Å². The molecule has 0 aromatic heterocycles. The smallest absolute Gasteiger partial charge is 0.319 e. The second kappa shape index (κ2) is 11.5. The van der Waals surface area contributed by atoms with Gasteiger partial charge in [0, 0.05) is 17.6 Å². The van der Waals surface area contributed by atoms with Gasteiger partial charge in [-0.2, -0.15) is 0 Å². The predicted molar refractivity (Wildman–Crippen MR) is 109 cm³/mol. The number of halogens is 1. The fourth-order valence-electron chi connectivity index (χ4n) is 2.80. The molecule has 0 bridgehead atoms. The Hall–Kier alpha value is -1.03. The minimum atomic E-state index is -0.0922. The monoisotopic (exact) mass is 396 g/mol. The molecular formula is C20H33BrN2O. The van der Waals surface area contributed by atoms with Crippen LogP contribution in [0.15, 0.2) is 18.2 Å². The third-order valence-corrected chi connectivity index (χ3v) is 4.77. The lowest BCUT2D eigenvalue weighted by molar-refractivity contribution is 0.252. The number of rotatable bonds is 10. The van der Waals surface area contributed by atoms with Gasteiger partial charge in [0.25, 0.3) is 0 Å². The zero-order valence-electron chi connectivity index (χ0n) is 15.6. The molecule has 136 valence electrons. The third-order valence-electron chi connectivity index (χ3n) is 4.21. The van der Waals surface area contributed by atoms with Crippen molar-refractivity contribution in [1.82, 2.24) is 5.32 Å². The summed E-state index contributed by atoms with van der Waals surface area (Å²) in [6.07, 6.45) is 5.95. The molecule has 0 spiro atoms. The molecule has 0 aliphatic rings. The summed E-state index contributed by atoms with van der Waals surface area (Å²) in [5, 5.41) is 7.18. The maximum Gasteiger partial charge on any atom is 0.319 e. The summed E-state index contributed by atoms with van der Waals surface area (Å²) in [5.41, 5.74) is 3.38. The van der Waals surface area contributed by atoms with Crippen LogP contribution >= 0.6 is 15.9 Å². The average Bonchev–Trinajstić information content (AvgIpc) is 2.53. The number of carbonyl (C=O) groups is 1. The lowest BCUT2D eigenvalue weighted by Gasteiger charge is -2.20. The van der Waals surface area contributed by atoms with E-state index in [4.69, 9.17) is 0 Å². The molecule has 0 fully saturated rings. The highest BCUT2D eigenvalue weighted by Gasteiger charge is 2.15. The van der Waals surface area contributed by atoms with E-state index in [9.17, 15) is 4.79 Å². The Kier molecular flexibility index (Phi) is 10.1. The number of hydrogen-bond donors (Lipinski definition) is 2. The summed E-state index contributed by atoms with van der Waals surface area (Å²) < 4.78 is 0. The van der Waals surface area contributed by atoms with Gasteiger partial charge in [-0.3, -0.25) is 0 Å². The first-order chi connectivity index (χ1) is 11.5. The first-order valence-electron chi connectivity index (χ1n) is 9.21. The van der Waals surface area contributed by atoms with Crippen molar-refractivity contribution in [3.05, 3.63) is 29.3 Å². The third kappa shape index (κ3) is 7.25. The Balaban J connectivity index is 2.54. The Labute approximate surface area is 156 Å². The van der Waals surface area contributed by atoms with E-state index in [0.717, 1.165) is 24.0 Å². The summed E-state index contributed by atoms with van der Waals surface area (Å²) >= 11 is 3.45. The van der Waals surface area contributed by atoms with Crippen LogP contribution in [0.2, 0.25) is 0 Å². The van der Waals surface area contributed by atoms with Crippen molar-refractivity contribution >= 4 is 27.6 Å². The van der Waals surface area contributed by atoms with Crippen molar-refractivity contribution in [1.29, 1.82) is 0 Å². The standard InChI is InChI=1S/C20H33BrN2O/c1-15(2)17-11-10-12-18(16(3)4)19(17)23-20(24)22-14-9-7-5-6-8-13-21/h10-12,15-16H,5-9,13-14H2,1-4H3,(H2,22,23,24). The number of hydrogen-bond acceptors (Lipinski definition) is 1. The van der Waals surface area contributed by atoms with Gasteiger partial charge in [-0.1, -0.05) is 81.1 Å². The highest BCUT2D eigenvalue weighted by molar-refractivity contribution is 9.09. The minimum absolute atomic E-state index is 0.0922. The molecule has 0 radical (unpaired) electrons. The van der Waals surface area contributed by atoms with E-state index >= 15 is 0 Å². The number of amides is 2. The molecule has 0 aliphatic heterocycles. The summed E-state index contributed by atoms with van der Waals surface area (Å²) in [4.78, 5) is 12.3. The van der Waals surface area contributed by atoms with E-state index in [0.29, 0.717) is 11.8 Å². The zero-order valence-corrected chi connectivity index (χ0v) is 17.2. The molecule has 0 atom stereocenters. The van der Waals surface area contributed by atoms with Crippen molar-refractivity contribution in [3.63, 3.8) is 0 Å². The van der Waals surface area contributed by atoms with E-state index in [1.807, 2.05) is 0 Å². The van der Waals surface area contributed by atoms with Crippen LogP contribution in [0.1, 0.15) is 82.8 Å². The molecule has 2 amide bonds. The zero-order chi connectivity index (χ0) is 17.9. The van der Waals surface area contributed by atoms with Crippen LogP contribution in [-0.2, 0) is 0 Å². The van der Waals surface area contributed by atoms with Gasteiger partial charge < -0.3 is 10.6 Å². The lowest BCUT2D eigenvalue weighted by Crippen LogP contribution is -2.30. The second-order valence-corrected chi connectivity index (χ2v) is 7.75. The lowest BCUT2D eigenvalue weighted by atomic mass is 9.93. The molecule has 1 aromatic carbocycles. The molecule has 0 aliphatic carbocycles. The molecule has 24 heavy (non-hydrogen) atoms. The summed E-state index contributed by atoms with van der Waals surface area (Å²) in [7, 11) is 0. The van der Waals surface area contributed by atoms with Gasteiger partial charge in [-0.05, 0) is 35.8 Å². The summed E-state index contributed by atoms with van der Waals surface area (Å²) in [5.74, 6) is 0.766. The van der Waals surface area contributed by atoms with E-state index in [2.05, 4.69) is 72.5 Å². The van der Waals surface area contributed by atoms with E-state index in [1.54, 1.807) is 0 Å². The molecule has 2 N–H and O–H groups in total. The molecular weight excluding hydrogens is 364 g/mol. The first kappa shape index (κ1) is 21.0. The molecule has 4 heteroatoms. The van der Waals surface area contributed by atoms with Crippen LogP contribution < -0.4 is 10.6 Å². The molecule has 0 heterocycles. The topological polar surface area (TPSA) is 41.1 Å². The average molecular weight is 397 g/mol. The van der Waals surface area contributed by atoms with E-state index in [1.165, 1.54) is 36.8 Å². The number of alkyl halides is 1.